The molecule has 8 heteroatoms. The van der Waals surface area contributed by atoms with Crippen LogP contribution >= 0.6 is 11.3 Å². The highest BCUT2D eigenvalue weighted by Crippen LogP contribution is 2.24. The second kappa shape index (κ2) is 6.83. The van der Waals surface area contributed by atoms with Gasteiger partial charge in [0.05, 0.1) is 16.4 Å². The molecule has 0 saturated carbocycles. The van der Waals surface area contributed by atoms with Gasteiger partial charge in [0.25, 0.3) is 5.91 Å². The van der Waals surface area contributed by atoms with Crippen LogP contribution in [0.2, 0.25) is 0 Å². The number of esters is 1. The van der Waals surface area contributed by atoms with Crippen molar-refractivity contribution in [1.82, 2.24) is 4.90 Å². The van der Waals surface area contributed by atoms with Crippen molar-refractivity contribution in [2.24, 2.45) is 0 Å². The maximum absolute atomic E-state index is 12.1. The first kappa shape index (κ1) is 15.1. The fraction of sp³-hybridized carbons (Fsp3) is 0.455. The summed E-state index contributed by atoms with van der Waals surface area (Å²) in [5.74, 6) is -0.905. The van der Waals surface area contributed by atoms with Crippen LogP contribution in [0.3, 0.4) is 0 Å². The summed E-state index contributed by atoms with van der Waals surface area (Å²) in [6, 6.07) is 2.66. The number of hydrogen-bond acceptors (Lipinski definition) is 6. The Balaban J connectivity index is 2.77. The predicted molar refractivity (Wildman–Crippen MR) is 69.2 cm³/mol. The van der Waals surface area contributed by atoms with Crippen LogP contribution in [0.25, 0.3) is 0 Å². The van der Waals surface area contributed by atoms with Gasteiger partial charge >= 0.3 is 11.0 Å². The van der Waals surface area contributed by atoms with E-state index >= 15 is 0 Å². The number of hydrogen-bond donors (Lipinski definition) is 0. The number of likely N-dealkylation sites (N-methyl/N-ethyl adjacent to an activating group) is 1. The van der Waals surface area contributed by atoms with E-state index in [4.69, 9.17) is 4.74 Å². The minimum Gasteiger partial charge on any atom is -0.465 e. The first-order valence-electron chi connectivity index (χ1n) is 5.68. The molecule has 104 valence electrons. The zero-order chi connectivity index (χ0) is 14.4. The van der Waals surface area contributed by atoms with Crippen molar-refractivity contribution < 1.29 is 19.2 Å². The molecule has 1 aromatic heterocycles. The van der Waals surface area contributed by atoms with Gasteiger partial charge in [-0.3, -0.25) is 19.7 Å². The number of nitro groups is 1. The van der Waals surface area contributed by atoms with Gasteiger partial charge in [-0.05, 0) is 19.9 Å². The summed E-state index contributed by atoms with van der Waals surface area (Å²) in [6.07, 6.45) is 0. The highest BCUT2D eigenvalue weighted by molar-refractivity contribution is 7.17. The molecule has 1 aromatic rings. The van der Waals surface area contributed by atoms with Crippen LogP contribution in [0.1, 0.15) is 23.5 Å². The van der Waals surface area contributed by atoms with Crippen molar-refractivity contribution in [3.8, 4) is 0 Å². The second-order valence-electron chi connectivity index (χ2n) is 3.52. The third kappa shape index (κ3) is 4.02. The lowest BCUT2D eigenvalue weighted by Gasteiger charge is -2.18. The molecule has 0 N–H and O–H groups in total. The molecule has 19 heavy (non-hydrogen) atoms. The van der Waals surface area contributed by atoms with Crippen LogP contribution in [-0.2, 0) is 9.53 Å². The number of amides is 1. The fourth-order valence-corrected chi connectivity index (χ4v) is 2.17. The molecule has 0 atom stereocenters. The molecule has 0 spiro atoms. The Morgan fingerprint density at radius 2 is 2.11 bits per heavy atom. The van der Waals surface area contributed by atoms with E-state index in [0.29, 0.717) is 6.54 Å². The van der Waals surface area contributed by atoms with Crippen molar-refractivity contribution >= 4 is 28.2 Å². The van der Waals surface area contributed by atoms with E-state index in [-0.39, 0.29) is 23.0 Å². The number of thiophene rings is 1. The molecule has 0 aromatic carbocycles. The Hall–Kier alpha value is -1.96. The summed E-state index contributed by atoms with van der Waals surface area (Å²) in [6.45, 7) is 3.81. The van der Waals surface area contributed by atoms with Gasteiger partial charge in [0.2, 0.25) is 0 Å². The number of nitrogens with zero attached hydrogens (tertiary/aromatic N) is 2. The monoisotopic (exact) mass is 286 g/mol. The van der Waals surface area contributed by atoms with Crippen molar-refractivity contribution in [2.75, 3.05) is 19.7 Å². The van der Waals surface area contributed by atoms with Gasteiger partial charge in [-0.15, -0.1) is 0 Å². The number of carbonyl (C=O) groups is 2. The first-order valence-corrected chi connectivity index (χ1v) is 6.50. The van der Waals surface area contributed by atoms with E-state index in [1.807, 2.05) is 0 Å². The maximum Gasteiger partial charge on any atom is 0.325 e. The Kier molecular flexibility index (Phi) is 5.43. The molecule has 0 unspecified atom stereocenters. The molecule has 0 saturated heterocycles. The molecular weight excluding hydrogens is 272 g/mol. The summed E-state index contributed by atoms with van der Waals surface area (Å²) >= 11 is 0.791. The summed E-state index contributed by atoms with van der Waals surface area (Å²) in [4.78, 5) is 34.9. The molecule has 0 fully saturated rings. The Morgan fingerprint density at radius 1 is 1.42 bits per heavy atom. The van der Waals surface area contributed by atoms with E-state index in [1.165, 1.54) is 17.0 Å². The van der Waals surface area contributed by atoms with Gasteiger partial charge < -0.3 is 9.64 Å². The third-order valence-electron chi connectivity index (χ3n) is 2.28. The van der Waals surface area contributed by atoms with Crippen LogP contribution in [0.5, 0.6) is 0 Å². The van der Waals surface area contributed by atoms with Crippen LogP contribution in [0.15, 0.2) is 12.1 Å². The van der Waals surface area contributed by atoms with E-state index in [1.54, 1.807) is 13.8 Å². The predicted octanol–water partition coefficient (Wildman–Crippen LogP) is 1.68. The highest BCUT2D eigenvalue weighted by atomic mass is 32.1. The first-order chi connectivity index (χ1) is 8.99. The van der Waals surface area contributed by atoms with Crippen LogP contribution in [-0.4, -0.2) is 41.4 Å². The molecule has 0 radical (unpaired) electrons. The second-order valence-corrected chi connectivity index (χ2v) is 4.58. The van der Waals surface area contributed by atoms with Gasteiger partial charge in [0, 0.05) is 12.6 Å². The molecule has 0 aliphatic rings. The lowest BCUT2D eigenvalue weighted by molar-refractivity contribution is -0.380. The smallest absolute Gasteiger partial charge is 0.325 e. The molecule has 1 amide bonds. The van der Waals surface area contributed by atoms with E-state index in [0.717, 1.165) is 11.3 Å². The van der Waals surface area contributed by atoms with Crippen molar-refractivity contribution in [3.05, 3.63) is 27.1 Å². The van der Waals surface area contributed by atoms with Gasteiger partial charge in [0.15, 0.2) is 0 Å². The lowest BCUT2D eigenvalue weighted by Crippen LogP contribution is -2.35. The SMILES string of the molecule is CCOC(=O)CN(CC)C(=O)c1ccc([N+](=O)[O-])s1. The minimum absolute atomic E-state index is 0.101. The highest BCUT2D eigenvalue weighted by Gasteiger charge is 2.21. The average Bonchev–Trinajstić information content (AvgIpc) is 2.85. The van der Waals surface area contributed by atoms with E-state index in [2.05, 4.69) is 0 Å². The molecule has 0 bridgehead atoms. The van der Waals surface area contributed by atoms with Crippen LogP contribution in [0.4, 0.5) is 5.00 Å². The van der Waals surface area contributed by atoms with E-state index < -0.39 is 16.8 Å². The van der Waals surface area contributed by atoms with Gasteiger partial charge in [-0.1, -0.05) is 11.3 Å². The quantitative estimate of drug-likeness (QED) is 0.451. The third-order valence-corrected chi connectivity index (χ3v) is 3.30. The Labute approximate surface area is 113 Å². The molecular formula is C11H14N2O5S. The number of ether oxygens (including phenoxy) is 1. The summed E-state index contributed by atoms with van der Waals surface area (Å²) in [5, 5.41) is 10.5. The Bertz CT molecular complexity index is 485. The number of rotatable bonds is 6. The zero-order valence-electron chi connectivity index (χ0n) is 10.6. The zero-order valence-corrected chi connectivity index (χ0v) is 11.4. The largest absolute Gasteiger partial charge is 0.465 e. The van der Waals surface area contributed by atoms with Gasteiger partial charge in [-0.25, -0.2) is 0 Å². The molecule has 1 heterocycles. The van der Waals surface area contributed by atoms with Gasteiger partial charge in [-0.2, -0.15) is 0 Å². The van der Waals surface area contributed by atoms with Crippen molar-refractivity contribution in [2.45, 2.75) is 13.8 Å². The molecule has 1 rings (SSSR count). The summed E-state index contributed by atoms with van der Waals surface area (Å²) in [5.41, 5.74) is 0. The lowest BCUT2D eigenvalue weighted by atomic mass is 10.3. The molecule has 0 aliphatic carbocycles. The van der Waals surface area contributed by atoms with E-state index in [9.17, 15) is 19.7 Å². The Morgan fingerprint density at radius 3 is 2.58 bits per heavy atom. The van der Waals surface area contributed by atoms with Crippen LogP contribution < -0.4 is 0 Å². The maximum atomic E-state index is 12.1. The molecule has 0 aliphatic heterocycles. The average molecular weight is 286 g/mol. The molecule has 7 nitrogen and oxygen atoms in total. The normalized spacial score (nSPS) is 10.0. The van der Waals surface area contributed by atoms with Crippen molar-refractivity contribution in [1.29, 1.82) is 0 Å². The minimum atomic E-state index is -0.553. The topological polar surface area (TPSA) is 89.8 Å². The van der Waals surface area contributed by atoms with Gasteiger partial charge in [0.1, 0.15) is 6.54 Å². The number of carbonyl (C=O) groups excluding carboxylic acids is 2. The fourth-order valence-electron chi connectivity index (χ4n) is 1.39. The van der Waals surface area contributed by atoms with Crippen molar-refractivity contribution in [3.63, 3.8) is 0 Å². The standard InChI is InChI=1S/C11H14N2O5S/c1-3-12(7-10(14)18-4-2)11(15)8-5-6-9(19-8)13(16)17/h5-6H,3-4,7H2,1-2H3. The van der Waals surface area contributed by atoms with Crippen LogP contribution in [0, 0.1) is 10.1 Å². The summed E-state index contributed by atoms with van der Waals surface area (Å²) in [7, 11) is 0. The summed E-state index contributed by atoms with van der Waals surface area (Å²) < 4.78 is 4.77.